The third kappa shape index (κ3) is 19.3. The molecule has 2 aliphatic carbocycles. The Morgan fingerprint density at radius 3 is 1.10 bits per heavy atom. The highest BCUT2D eigenvalue weighted by Crippen LogP contribution is 2.35. The minimum Gasteiger partial charge on any atom is -0.494 e. The van der Waals surface area contributed by atoms with Crippen molar-refractivity contribution in [3.05, 3.63) is 59.7 Å². The zero-order valence-corrected chi connectivity index (χ0v) is 38.1. The van der Waals surface area contributed by atoms with Gasteiger partial charge in [-0.05, 0) is 97.6 Å². The fourth-order valence-corrected chi connectivity index (χ4v) is 8.97. The lowest BCUT2D eigenvalue weighted by molar-refractivity contribution is -0.186. The van der Waals surface area contributed by atoms with Gasteiger partial charge >= 0.3 is 11.9 Å². The molecule has 0 aromatic heterocycles. The van der Waals surface area contributed by atoms with Crippen molar-refractivity contribution in [2.45, 2.75) is 194 Å². The summed E-state index contributed by atoms with van der Waals surface area (Å²) in [6.45, 7) is 10.4. The molecule has 0 aliphatic heterocycles. The van der Waals surface area contributed by atoms with Crippen molar-refractivity contribution in [2.24, 2.45) is 23.7 Å². The van der Waals surface area contributed by atoms with E-state index in [9.17, 15) is 9.59 Å². The smallest absolute Gasteiger partial charge is 0.338 e. The van der Waals surface area contributed by atoms with Gasteiger partial charge in [0.1, 0.15) is 11.5 Å². The molecule has 338 valence electrons. The Morgan fingerprint density at radius 2 is 0.783 bits per heavy atom. The standard InChI is InChI=1S/C52H82O8/c1-5-9-11-15-41-19-23-43(24-20-41)17-13-37-55-47-31-27-45(28-32-47)39-59-49(51(53)57-35-7-3)50(52(54)58-36-8-4)60-40-46-29-33-48(34-30-46)56-38-14-18-44-25-21-42(22-26-44)16-12-10-6-2/h27-34,41-44,49-50H,5-26,35-40H2,1-4H3/t41-,42-,43-,44-,49-,50-/m1/s1. The average molecular weight is 835 g/mol. The van der Waals surface area contributed by atoms with Crippen molar-refractivity contribution in [1.82, 2.24) is 0 Å². The van der Waals surface area contributed by atoms with E-state index in [4.69, 9.17) is 28.4 Å². The molecule has 0 saturated heterocycles. The molecular weight excluding hydrogens is 753 g/mol. The minimum atomic E-state index is -1.30. The van der Waals surface area contributed by atoms with Crippen LogP contribution in [0.15, 0.2) is 48.5 Å². The average Bonchev–Trinajstić information content (AvgIpc) is 3.28. The Kier molecular flexibility index (Phi) is 24.8. The number of esters is 2. The lowest BCUT2D eigenvalue weighted by Crippen LogP contribution is -2.45. The Hall–Kier alpha value is -3.10. The molecule has 0 bridgehead atoms. The molecule has 2 fully saturated rings. The molecule has 2 aromatic rings. The summed E-state index contributed by atoms with van der Waals surface area (Å²) in [6, 6.07) is 15.4. The van der Waals surface area contributed by atoms with E-state index in [2.05, 4.69) is 13.8 Å². The molecular formula is C52H82O8. The van der Waals surface area contributed by atoms with E-state index in [1.54, 1.807) is 0 Å². The predicted octanol–water partition coefficient (Wildman–Crippen LogP) is 13.2. The number of hydrogen-bond acceptors (Lipinski definition) is 8. The highest BCUT2D eigenvalue weighted by Gasteiger charge is 2.38. The minimum absolute atomic E-state index is 0.0839. The largest absolute Gasteiger partial charge is 0.494 e. The molecule has 60 heavy (non-hydrogen) atoms. The third-order valence-electron chi connectivity index (χ3n) is 12.8. The fourth-order valence-electron chi connectivity index (χ4n) is 8.97. The van der Waals surface area contributed by atoms with Crippen LogP contribution in [0.3, 0.4) is 0 Å². The summed E-state index contributed by atoms with van der Waals surface area (Å²) >= 11 is 0. The van der Waals surface area contributed by atoms with Crippen molar-refractivity contribution in [3.63, 3.8) is 0 Å². The third-order valence-corrected chi connectivity index (χ3v) is 12.8. The lowest BCUT2D eigenvalue weighted by Gasteiger charge is -2.28. The van der Waals surface area contributed by atoms with Gasteiger partial charge in [-0.25, -0.2) is 9.59 Å². The molecule has 2 atom stereocenters. The maximum Gasteiger partial charge on any atom is 0.338 e. The Morgan fingerprint density at radius 1 is 0.450 bits per heavy atom. The van der Waals surface area contributed by atoms with Gasteiger partial charge in [0.2, 0.25) is 0 Å². The predicted molar refractivity (Wildman–Crippen MR) is 241 cm³/mol. The number of benzene rings is 2. The van der Waals surface area contributed by atoms with Crippen LogP contribution in [-0.4, -0.2) is 50.6 Å². The van der Waals surface area contributed by atoms with E-state index in [0.717, 1.165) is 59.1 Å². The number of carbonyl (C=O) groups is 2. The van der Waals surface area contributed by atoms with Crippen LogP contribution in [0.1, 0.15) is 180 Å². The van der Waals surface area contributed by atoms with Crippen molar-refractivity contribution < 1.29 is 38.0 Å². The number of carbonyl (C=O) groups excluding carboxylic acids is 2. The van der Waals surface area contributed by atoms with Crippen molar-refractivity contribution in [2.75, 3.05) is 26.4 Å². The molecule has 4 rings (SSSR count). The van der Waals surface area contributed by atoms with Crippen LogP contribution in [0.25, 0.3) is 0 Å². The van der Waals surface area contributed by atoms with Crippen molar-refractivity contribution in [3.8, 4) is 11.5 Å². The number of hydrogen-bond donors (Lipinski definition) is 0. The first-order chi connectivity index (χ1) is 29.4. The normalized spacial score (nSPS) is 20.3. The highest BCUT2D eigenvalue weighted by atomic mass is 16.6. The van der Waals surface area contributed by atoms with Crippen molar-refractivity contribution in [1.29, 1.82) is 0 Å². The van der Waals surface area contributed by atoms with Crippen molar-refractivity contribution >= 4 is 11.9 Å². The zero-order chi connectivity index (χ0) is 42.6. The second kappa shape index (κ2) is 30.0. The van der Waals surface area contributed by atoms with Gasteiger partial charge in [0.05, 0.1) is 39.6 Å². The topological polar surface area (TPSA) is 89.5 Å². The summed E-state index contributed by atoms with van der Waals surface area (Å²) in [7, 11) is 0. The molecule has 2 aromatic carbocycles. The first-order valence-electron chi connectivity index (χ1n) is 24.4. The molecule has 8 nitrogen and oxygen atoms in total. The van der Waals surface area contributed by atoms with Gasteiger partial charge in [-0.2, -0.15) is 0 Å². The van der Waals surface area contributed by atoms with Crippen LogP contribution >= 0.6 is 0 Å². The molecule has 2 saturated carbocycles. The highest BCUT2D eigenvalue weighted by molar-refractivity contribution is 5.85. The first-order valence-corrected chi connectivity index (χ1v) is 24.4. The molecule has 0 unspecified atom stereocenters. The molecule has 8 heteroatoms. The van der Waals surface area contributed by atoms with E-state index < -0.39 is 24.1 Å². The van der Waals surface area contributed by atoms with Gasteiger partial charge in [-0.3, -0.25) is 0 Å². The summed E-state index contributed by atoms with van der Waals surface area (Å²) in [5, 5.41) is 0. The van der Waals surface area contributed by atoms with Crippen LogP contribution in [-0.2, 0) is 41.8 Å². The van der Waals surface area contributed by atoms with Gasteiger partial charge < -0.3 is 28.4 Å². The molecule has 0 N–H and O–H groups in total. The van der Waals surface area contributed by atoms with Gasteiger partial charge in [0.25, 0.3) is 0 Å². The summed E-state index contributed by atoms with van der Waals surface area (Å²) in [5.41, 5.74) is 1.68. The fraction of sp³-hybridized carbons (Fsp3) is 0.731. The van der Waals surface area contributed by atoms with E-state index in [0.29, 0.717) is 26.1 Å². The van der Waals surface area contributed by atoms with Gasteiger partial charge in [0, 0.05) is 0 Å². The lowest BCUT2D eigenvalue weighted by atomic mass is 9.78. The van der Waals surface area contributed by atoms with Crippen LogP contribution in [0, 0.1) is 23.7 Å². The zero-order valence-electron chi connectivity index (χ0n) is 38.1. The molecule has 0 heterocycles. The van der Waals surface area contributed by atoms with Gasteiger partial charge in [-0.1, -0.05) is 155 Å². The summed E-state index contributed by atoms with van der Waals surface area (Å²) < 4.78 is 35.5. The first kappa shape index (κ1) is 49.6. The molecule has 0 amide bonds. The van der Waals surface area contributed by atoms with Crippen LogP contribution < -0.4 is 9.47 Å². The molecule has 0 radical (unpaired) electrons. The summed E-state index contributed by atoms with van der Waals surface area (Å²) in [5.74, 6) is 3.87. The van der Waals surface area contributed by atoms with Gasteiger partial charge in [0.15, 0.2) is 12.2 Å². The maximum atomic E-state index is 13.4. The number of unbranched alkanes of at least 4 members (excludes halogenated alkanes) is 4. The second-order valence-corrected chi connectivity index (χ2v) is 17.8. The maximum absolute atomic E-state index is 13.4. The van der Waals surface area contributed by atoms with E-state index in [-0.39, 0.29) is 26.4 Å². The summed E-state index contributed by atoms with van der Waals surface area (Å²) in [6.07, 6.45) is 25.3. The van der Waals surface area contributed by atoms with E-state index in [1.807, 2.05) is 62.4 Å². The quantitative estimate of drug-likeness (QED) is 0.0548. The second-order valence-electron chi connectivity index (χ2n) is 17.8. The SMILES string of the molecule is CCCCC[C@H]1CC[C@H](CCCOc2ccc(CO[C@@H](C(=O)OCCC)[C@@H](OCc3ccc(OCCC[C@H]4CC[C@H](CCCCC)CC4)cc3)C(=O)OCCC)cc2)CC1. The monoisotopic (exact) mass is 835 g/mol. The Labute approximate surface area is 364 Å². The molecule has 2 aliphatic rings. The van der Waals surface area contributed by atoms with Crippen LogP contribution in [0.5, 0.6) is 11.5 Å². The number of ether oxygens (including phenoxy) is 6. The Bertz CT molecular complexity index is 1290. The Balaban J connectivity index is 1.22. The van der Waals surface area contributed by atoms with Gasteiger partial charge in [-0.15, -0.1) is 0 Å². The van der Waals surface area contributed by atoms with E-state index >= 15 is 0 Å². The summed E-state index contributed by atoms with van der Waals surface area (Å²) in [4.78, 5) is 26.8. The van der Waals surface area contributed by atoms with Crippen LogP contribution in [0.2, 0.25) is 0 Å². The molecule has 0 spiro atoms. The van der Waals surface area contributed by atoms with Crippen LogP contribution in [0.4, 0.5) is 0 Å². The van der Waals surface area contributed by atoms with E-state index in [1.165, 1.54) is 116 Å². The number of rotatable bonds is 31.